The summed E-state index contributed by atoms with van der Waals surface area (Å²) >= 11 is 0. The Hall–Kier alpha value is -3.60. The molecule has 0 aliphatic carbocycles. The van der Waals surface area contributed by atoms with Crippen LogP contribution in [0, 0.1) is 23.0 Å². The van der Waals surface area contributed by atoms with Crippen LogP contribution in [0.25, 0.3) is 0 Å². The van der Waals surface area contributed by atoms with Crippen LogP contribution in [-0.4, -0.2) is 34.6 Å². The first kappa shape index (κ1) is 27.0. The number of carbonyl (C=O) groups is 1. The number of nitrogens with two attached hydrogens (primary N) is 1. The Morgan fingerprint density at radius 3 is 2.36 bits per heavy atom. The maximum Gasteiger partial charge on any atom is 0.254 e. The number of nitriles is 1. The molecule has 1 amide bonds. The smallest absolute Gasteiger partial charge is 0.254 e. The van der Waals surface area contributed by atoms with Crippen LogP contribution in [0.5, 0.6) is 0 Å². The predicted molar refractivity (Wildman–Crippen MR) is 135 cm³/mol. The van der Waals surface area contributed by atoms with E-state index >= 15 is 0 Å². The topological polar surface area (TPSA) is 90.3 Å². The van der Waals surface area contributed by atoms with Gasteiger partial charge in [-0.15, -0.1) is 0 Å². The zero-order chi connectivity index (χ0) is 26.2. The lowest BCUT2D eigenvalue weighted by atomic mass is 9.99. The van der Waals surface area contributed by atoms with Crippen molar-refractivity contribution >= 4 is 5.91 Å². The number of halogens is 2. The van der Waals surface area contributed by atoms with E-state index in [-0.39, 0.29) is 31.3 Å². The zero-order valence-electron chi connectivity index (χ0n) is 20.5. The molecule has 188 valence electrons. The highest BCUT2D eigenvalue weighted by Gasteiger charge is 2.24. The number of aliphatic hydroxyl groups is 1. The highest BCUT2D eigenvalue weighted by molar-refractivity contribution is 5.94. The molecule has 0 aromatic heterocycles. The molecule has 36 heavy (non-hydrogen) atoms. The Kier molecular flexibility index (Phi) is 9.29. The van der Waals surface area contributed by atoms with Crippen molar-refractivity contribution in [2.24, 2.45) is 5.73 Å². The third-order valence-electron chi connectivity index (χ3n) is 6.18. The molecule has 7 heteroatoms. The normalized spacial score (nSPS) is 13.5. The Morgan fingerprint density at radius 1 is 1.03 bits per heavy atom. The highest BCUT2D eigenvalue weighted by atomic mass is 19.1. The standard InChI is InChI=1S/C29H31F2N3O2/c1-3-20-6-4-7-21(10-20)17-34(29(36)24-9-5-8-23(14-24)19(2)16-32)18-28(35)27(33)13-22-11-25(30)15-26(31)12-22/h4-12,14-15,19,27-28,35H,3,13,17-18,33H2,1-2H3/t19?,27-,28+/m0/s1. The second kappa shape index (κ2) is 12.4. The van der Waals surface area contributed by atoms with E-state index in [1.807, 2.05) is 31.2 Å². The van der Waals surface area contributed by atoms with Crippen LogP contribution in [0.3, 0.4) is 0 Å². The molecule has 5 nitrogen and oxygen atoms in total. The molecule has 0 heterocycles. The Balaban J connectivity index is 1.85. The first-order chi connectivity index (χ1) is 17.2. The lowest BCUT2D eigenvalue weighted by Crippen LogP contribution is -2.46. The van der Waals surface area contributed by atoms with E-state index in [4.69, 9.17) is 5.73 Å². The third-order valence-corrected chi connectivity index (χ3v) is 6.18. The van der Waals surface area contributed by atoms with Gasteiger partial charge in [0.05, 0.1) is 18.1 Å². The van der Waals surface area contributed by atoms with Crippen molar-refractivity contribution in [3.05, 3.63) is 106 Å². The number of carbonyl (C=O) groups excluding carboxylic acids is 1. The molecule has 1 unspecified atom stereocenters. The summed E-state index contributed by atoms with van der Waals surface area (Å²) in [7, 11) is 0. The molecule has 0 saturated heterocycles. The van der Waals surface area contributed by atoms with Gasteiger partial charge in [0, 0.05) is 30.8 Å². The molecule has 0 spiro atoms. The fourth-order valence-electron chi connectivity index (χ4n) is 4.08. The number of benzene rings is 3. The van der Waals surface area contributed by atoms with Crippen LogP contribution in [0.1, 0.15) is 52.4 Å². The molecule has 3 aromatic carbocycles. The summed E-state index contributed by atoms with van der Waals surface area (Å²) in [6, 6.07) is 19.2. The Labute approximate surface area is 210 Å². The quantitative estimate of drug-likeness (QED) is 0.429. The van der Waals surface area contributed by atoms with Crippen molar-refractivity contribution < 1.29 is 18.7 Å². The largest absolute Gasteiger partial charge is 0.390 e. The second-order valence-corrected chi connectivity index (χ2v) is 9.05. The van der Waals surface area contributed by atoms with E-state index in [0.717, 1.165) is 29.2 Å². The van der Waals surface area contributed by atoms with Gasteiger partial charge in [-0.2, -0.15) is 5.26 Å². The fourth-order valence-corrected chi connectivity index (χ4v) is 4.08. The van der Waals surface area contributed by atoms with Crippen LogP contribution in [-0.2, 0) is 19.4 Å². The van der Waals surface area contributed by atoms with E-state index in [9.17, 15) is 23.9 Å². The van der Waals surface area contributed by atoms with Gasteiger partial charge >= 0.3 is 0 Å². The van der Waals surface area contributed by atoms with Gasteiger partial charge in [-0.1, -0.05) is 43.3 Å². The molecule has 0 aliphatic heterocycles. The van der Waals surface area contributed by atoms with Crippen molar-refractivity contribution in [1.82, 2.24) is 4.90 Å². The number of rotatable bonds is 10. The van der Waals surface area contributed by atoms with Crippen LogP contribution in [0.2, 0.25) is 0 Å². The van der Waals surface area contributed by atoms with Crippen LogP contribution in [0.4, 0.5) is 8.78 Å². The molecule has 3 N–H and O–H groups in total. The number of aliphatic hydroxyl groups excluding tert-OH is 1. The van der Waals surface area contributed by atoms with E-state index < -0.39 is 23.8 Å². The molecule has 0 bridgehead atoms. The lowest BCUT2D eigenvalue weighted by Gasteiger charge is -2.29. The first-order valence-corrected chi connectivity index (χ1v) is 12.0. The number of hydrogen-bond donors (Lipinski definition) is 2. The van der Waals surface area contributed by atoms with E-state index in [1.165, 1.54) is 17.0 Å². The minimum Gasteiger partial charge on any atom is -0.390 e. The van der Waals surface area contributed by atoms with Gasteiger partial charge in [-0.05, 0) is 66.3 Å². The maximum atomic E-state index is 13.6. The molecule has 0 fully saturated rings. The summed E-state index contributed by atoms with van der Waals surface area (Å²) in [5.74, 6) is -2.12. The summed E-state index contributed by atoms with van der Waals surface area (Å²) in [6.07, 6.45) is -0.262. The van der Waals surface area contributed by atoms with Gasteiger partial charge in [0.2, 0.25) is 0 Å². The highest BCUT2D eigenvalue weighted by Crippen LogP contribution is 2.19. The van der Waals surface area contributed by atoms with E-state index in [1.54, 1.807) is 31.2 Å². The average Bonchev–Trinajstić information content (AvgIpc) is 2.86. The summed E-state index contributed by atoms with van der Waals surface area (Å²) in [5.41, 5.74) is 9.66. The van der Waals surface area contributed by atoms with Crippen molar-refractivity contribution in [3.8, 4) is 6.07 Å². The van der Waals surface area contributed by atoms with Gasteiger partial charge in [0.1, 0.15) is 11.6 Å². The number of hydrogen-bond acceptors (Lipinski definition) is 4. The minimum absolute atomic E-state index is 0.0400. The summed E-state index contributed by atoms with van der Waals surface area (Å²) in [6.45, 7) is 3.97. The molecule has 0 saturated carbocycles. The van der Waals surface area contributed by atoms with Crippen LogP contribution < -0.4 is 5.73 Å². The monoisotopic (exact) mass is 491 g/mol. The van der Waals surface area contributed by atoms with Gasteiger partial charge in [0.15, 0.2) is 0 Å². The van der Waals surface area contributed by atoms with Gasteiger partial charge in [-0.3, -0.25) is 4.79 Å². The summed E-state index contributed by atoms with van der Waals surface area (Å²) in [4.78, 5) is 15.1. The molecule has 0 radical (unpaired) electrons. The van der Waals surface area contributed by atoms with Crippen molar-refractivity contribution in [2.75, 3.05) is 6.54 Å². The van der Waals surface area contributed by atoms with Gasteiger partial charge < -0.3 is 15.7 Å². The minimum atomic E-state index is -1.14. The molecule has 3 rings (SSSR count). The fraction of sp³-hybridized carbons (Fsp3) is 0.310. The van der Waals surface area contributed by atoms with Crippen molar-refractivity contribution in [1.29, 1.82) is 5.26 Å². The third kappa shape index (κ3) is 7.20. The zero-order valence-corrected chi connectivity index (χ0v) is 20.5. The molecule has 0 aliphatic rings. The van der Waals surface area contributed by atoms with Crippen molar-refractivity contribution in [2.45, 2.75) is 51.3 Å². The predicted octanol–water partition coefficient (Wildman–Crippen LogP) is 4.73. The van der Waals surface area contributed by atoms with Gasteiger partial charge in [0.25, 0.3) is 5.91 Å². The average molecular weight is 492 g/mol. The lowest BCUT2D eigenvalue weighted by molar-refractivity contribution is 0.0554. The molecule has 3 aromatic rings. The SMILES string of the molecule is CCc1cccc(CN(C[C@@H](O)[C@@H](N)Cc2cc(F)cc(F)c2)C(=O)c2cccc(C(C)C#N)c2)c1. The second-order valence-electron chi connectivity index (χ2n) is 9.05. The Bertz CT molecular complexity index is 1220. The molecular formula is C29H31F2N3O2. The van der Waals surface area contributed by atoms with E-state index in [2.05, 4.69) is 6.07 Å². The first-order valence-electron chi connectivity index (χ1n) is 12.0. The summed E-state index contributed by atoms with van der Waals surface area (Å²) in [5, 5.41) is 20.2. The summed E-state index contributed by atoms with van der Waals surface area (Å²) < 4.78 is 27.2. The number of amides is 1. The number of aryl methyl sites for hydroxylation is 1. The molecular weight excluding hydrogens is 460 g/mol. The van der Waals surface area contributed by atoms with Gasteiger partial charge in [-0.25, -0.2) is 8.78 Å². The Morgan fingerprint density at radius 2 is 1.69 bits per heavy atom. The maximum absolute atomic E-state index is 13.6. The van der Waals surface area contributed by atoms with Crippen molar-refractivity contribution in [3.63, 3.8) is 0 Å². The van der Waals surface area contributed by atoms with Crippen LogP contribution in [0.15, 0.2) is 66.7 Å². The number of nitrogens with zero attached hydrogens (tertiary/aromatic N) is 2. The van der Waals surface area contributed by atoms with E-state index in [0.29, 0.717) is 11.1 Å². The molecule has 3 atom stereocenters. The van der Waals surface area contributed by atoms with Crippen LogP contribution >= 0.6 is 0 Å².